The van der Waals surface area contributed by atoms with Crippen LogP contribution in [0, 0.1) is 0 Å². The van der Waals surface area contributed by atoms with E-state index in [1.54, 1.807) is 31.2 Å². The van der Waals surface area contributed by atoms with E-state index in [2.05, 4.69) is 0 Å². The lowest BCUT2D eigenvalue weighted by Gasteiger charge is -1.95. The zero-order valence-electron chi connectivity index (χ0n) is 10.3. The van der Waals surface area contributed by atoms with E-state index in [4.69, 9.17) is 14.3 Å². The maximum atomic E-state index is 11.2. The van der Waals surface area contributed by atoms with Crippen LogP contribution in [0.5, 0.6) is 0 Å². The van der Waals surface area contributed by atoms with Gasteiger partial charge in [-0.25, -0.2) is 9.59 Å². The second-order valence-corrected chi connectivity index (χ2v) is 3.80. The van der Waals surface area contributed by atoms with E-state index in [1.165, 1.54) is 12.1 Å². The van der Waals surface area contributed by atoms with Crippen LogP contribution in [-0.4, -0.2) is 23.7 Å². The summed E-state index contributed by atoms with van der Waals surface area (Å²) in [6, 6.07) is 6.57. The molecule has 0 unspecified atom stereocenters. The first-order chi connectivity index (χ1) is 9.10. The normalized spacial score (nSPS) is 11.0. The lowest BCUT2D eigenvalue weighted by Crippen LogP contribution is -1.98. The molecule has 0 spiro atoms. The molecule has 1 N–H and O–H groups in total. The smallest absolute Gasteiger partial charge is 0.371 e. The van der Waals surface area contributed by atoms with Gasteiger partial charge in [0.05, 0.1) is 6.61 Å². The summed E-state index contributed by atoms with van der Waals surface area (Å²) in [6.45, 7) is 2.06. The van der Waals surface area contributed by atoms with E-state index < -0.39 is 11.9 Å². The Morgan fingerprint density at radius 3 is 2.84 bits per heavy atom. The van der Waals surface area contributed by atoms with Gasteiger partial charge in [-0.05, 0) is 36.8 Å². The van der Waals surface area contributed by atoms with E-state index in [1.807, 2.05) is 0 Å². The lowest BCUT2D eigenvalue weighted by molar-refractivity contribution is -0.137. The van der Waals surface area contributed by atoms with Gasteiger partial charge in [0, 0.05) is 11.5 Å². The number of hydrogen-bond donors (Lipinski definition) is 1. The minimum atomic E-state index is -1.11. The van der Waals surface area contributed by atoms with E-state index in [0.717, 1.165) is 5.56 Å². The third-order valence-electron chi connectivity index (χ3n) is 2.45. The first-order valence-electron chi connectivity index (χ1n) is 5.72. The summed E-state index contributed by atoms with van der Waals surface area (Å²) in [5, 5.41) is 9.49. The summed E-state index contributed by atoms with van der Waals surface area (Å²) in [6.07, 6.45) is 2.92. The van der Waals surface area contributed by atoms with E-state index in [0.29, 0.717) is 17.6 Å². The van der Waals surface area contributed by atoms with Gasteiger partial charge in [0.2, 0.25) is 5.76 Å². The van der Waals surface area contributed by atoms with Crippen molar-refractivity contribution in [3.8, 4) is 0 Å². The van der Waals surface area contributed by atoms with Crippen LogP contribution in [0.3, 0.4) is 0 Å². The Morgan fingerprint density at radius 1 is 1.37 bits per heavy atom. The molecule has 0 saturated heterocycles. The molecule has 98 valence electrons. The second-order valence-electron chi connectivity index (χ2n) is 3.80. The summed E-state index contributed by atoms with van der Waals surface area (Å²) in [5.74, 6) is -1.64. The molecule has 0 radical (unpaired) electrons. The number of benzene rings is 1. The Labute approximate surface area is 109 Å². The number of carbonyl (C=O) groups is 2. The van der Waals surface area contributed by atoms with Gasteiger partial charge in [-0.1, -0.05) is 6.07 Å². The molecule has 0 atom stereocenters. The van der Waals surface area contributed by atoms with E-state index in [-0.39, 0.29) is 5.76 Å². The molecule has 19 heavy (non-hydrogen) atoms. The van der Waals surface area contributed by atoms with Gasteiger partial charge >= 0.3 is 11.9 Å². The molecule has 2 aromatic rings. The maximum absolute atomic E-state index is 11.2. The van der Waals surface area contributed by atoms with Crippen LogP contribution >= 0.6 is 0 Å². The fourth-order valence-electron chi connectivity index (χ4n) is 1.63. The predicted molar refractivity (Wildman–Crippen MR) is 68.8 cm³/mol. The van der Waals surface area contributed by atoms with Crippen molar-refractivity contribution in [1.29, 1.82) is 0 Å². The number of ether oxygens (including phenoxy) is 1. The monoisotopic (exact) mass is 260 g/mol. The molecular formula is C14H12O5. The molecule has 2 rings (SSSR count). The van der Waals surface area contributed by atoms with Crippen LogP contribution in [0.15, 0.2) is 34.8 Å². The van der Waals surface area contributed by atoms with Crippen molar-refractivity contribution in [3.63, 3.8) is 0 Å². The van der Waals surface area contributed by atoms with Gasteiger partial charge in [-0.15, -0.1) is 0 Å². The van der Waals surface area contributed by atoms with Crippen LogP contribution in [0.4, 0.5) is 0 Å². The molecule has 5 heteroatoms. The number of carbonyl (C=O) groups excluding carboxylic acids is 1. The lowest BCUT2D eigenvalue weighted by atomic mass is 10.1. The zero-order chi connectivity index (χ0) is 13.8. The van der Waals surface area contributed by atoms with Gasteiger partial charge in [-0.3, -0.25) is 0 Å². The Balaban J connectivity index is 2.26. The average Bonchev–Trinajstić information content (AvgIpc) is 2.80. The highest BCUT2D eigenvalue weighted by Gasteiger charge is 2.10. The summed E-state index contributed by atoms with van der Waals surface area (Å²) in [5.41, 5.74) is 1.25. The number of carboxylic acids is 1. The number of rotatable bonds is 4. The van der Waals surface area contributed by atoms with Gasteiger partial charge < -0.3 is 14.3 Å². The molecular weight excluding hydrogens is 248 g/mol. The summed E-state index contributed by atoms with van der Waals surface area (Å²) in [7, 11) is 0. The number of fused-ring (bicyclic) bond motifs is 1. The minimum absolute atomic E-state index is 0.110. The SMILES string of the molecule is CCOC(=O)C=Cc1ccc2oc(C(=O)O)cc2c1. The first kappa shape index (κ1) is 12.9. The Hall–Kier alpha value is -2.56. The number of hydrogen-bond acceptors (Lipinski definition) is 4. The number of esters is 1. The highest BCUT2D eigenvalue weighted by atomic mass is 16.5. The molecule has 0 aliphatic rings. The summed E-state index contributed by atoms with van der Waals surface area (Å²) < 4.78 is 9.90. The topological polar surface area (TPSA) is 76.7 Å². The van der Waals surface area contributed by atoms with Gasteiger partial charge in [-0.2, -0.15) is 0 Å². The van der Waals surface area contributed by atoms with E-state index >= 15 is 0 Å². The third-order valence-corrected chi connectivity index (χ3v) is 2.45. The molecule has 1 aromatic heterocycles. The fraction of sp³-hybridized carbons (Fsp3) is 0.143. The highest BCUT2D eigenvalue weighted by molar-refractivity contribution is 5.93. The van der Waals surface area contributed by atoms with Crippen LogP contribution in [0.1, 0.15) is 23.0 Å². The number of furan rings is 1. The fourth-order valence-corrected chi connectivity index (χ4v) is 1.63. The maximum Gasteiger partial charge on any atom is 0.371 e. The van der Waals surface area contributed by atoms with Crippen molar-refractivity contribution in [3.05, 3.63) is 41.7 Å². The molecule has 0 bridgehead atoms. The van der Waals surface area contributed by atoms with Crippen LogP contribution in [-0.2, 0) is 9.53 Å². The zero-order valence-corrected chi connectivity index (χ0v) is 10.3. The minimum Gasteiger partial charge on any atom is -0.475 e. The summed E-state index contributed by atoms with van der Waals surface area (Å²) in [4.78, 5) is 21.9. The van der Waals surface area contributed by atoms with Crippen molar-refractivity contribution in [2.45, 2.75) is 6.92 Å². The molecule has 0 fully saturated rings. The standard InChI is InChI=1S/C14H12O5/c1-2-18-13(15)6-4-9-3-5-11-10(7-9)8-12(19-11)14(16)17/h3-8H,2H2,1H3,(H,16,17). The largest absolute Gasteiger partial charge is 0.475 e. The van der Waals surface area contributed by atoms with Crippen molar-refractivity contribution in [2.75, 3.05) is 6.61 Å². The molecule has 0 aliphatic carbocycles. The Bertz CT molecular complexity index is 651. The molecule has 0 aliphatic heterocycles. The second kappa shape index (κ2) is 5.39. The van der Waals surface area contributed by atoms with Gasteiger partial charge in [0.15, 0.2) is 0 Å². The average molecular weight is 260 g/mol. The molecule has 1 aromatic carbocycles. The highest BCUT2D eigenvalue weighted by Crippen LogP contribution is 2.21. The molecule has 0 amide bonds. The third kappa shape index (κ3) is 3.01. The molecule has 5 nitrogen and oxygen atoms in total. The van der Waals surface area contributed by atoms with Gasteiger partial charge in [0.25, 0.3) is 0 Å². The van der Waals surface area contributed by atoms with Crippen molar-refractivity contribution in [1.82, 2.24) is 0 Å². The molecule has 1 heterocycles. The van der Waals surface area contributed by atoms with Crippen LogP contribution < -0.4 is 0 Å². The summed E-state index contributed by atoms with van der Waals surface area (Å²) >= 11 is 0. The number of carboxylic acid groups (broad SMARTS) is 1. The van der Waals surface area contributed by atoms with Crippen LogP contribution in [0.2, 0.25) is 0 Å². The van der Waals surface area contributed by atoms with Crippen molar-refractivity contribution in [2.24, 2.45) is 0 Å². The van der Waals surface area contributed by atoms with Crippen molar-refractivity contribution < 1.29 is 23.8 Å². The first-order valence-corrected chi connectivity index (χ1v) is 5.72. The van der Waals surface area contributed by atoms with E-state index in [9.17, 15) is 9.59 Å². The molecule has 0 saturated carbocycles. The predicted octanol–water partition coefficient (Wildman–Crippen LogP) is 2.71. The number of aromatic carboxylic acids is 1. The van der Waals surface area contributed by atoms with Crippen molar-refractivity contribution >= 4 is 29.0 Å². The van der Waals surface area contributed by atoms with Crippen LogP contribution in [0.25, 0.3) is 17.0 Å². The Morgan fingerprint density at radius 2 is 2.16 bits per heavy atom. The quantitative estimate of drug-likeness (QED) is 0.675. The Kier molecular flexibility index (Phi) is 3.66. The van der Waals surface area contributed by atoms with Gasteiger partial charge in [0.1, 0.15) is 5.58 Å².